The van der Waals surface area contributed by atoms with Crippen molar-refractivity contribution in [1.29, 1.82) is 0 Å². The fraction of sp³-hybridized carbons (Fsp3) is 0.474. The second kappa shape index (κ2) is 16.4. The molecule has 6 atom stereocenters. The lowest BCUT2D eigenvalue weighted by Crippen LogP contribution is -2.60. The predicted octanol–water partition coefficient (Wildman–Crippen LogP) is 2.69. The number of aromatic nitrogens is 2. The zero-order chi connectivity index (χ0) is 37.9. The number of nitrogens with one attached hydrogen (secondary N) is 4. The number of hydrogen-bond acceptors (Lipinski definition) is 10. The van der Waals surface area contributed by atoms with Crippen molar-refractivity contribution < 1.29 is 33.8 Å². The maximum atomic E-state index is 14.5. The number of aliphatic hydroxyl groups excluding tert-OH is 1. The minimum atomic E-state index is -1.23. The Labute approximate surface area is 320 Å². The van der Waals surface area contributed by atoms with Gasteiger partial charge in [-0.15, -0.1) is 22.7 Å². The van der Waals surface area contributed by atoms with E-state index in [-0.39, 0.29) is 31.2 Å². The molecule has 1 aromatic carbocycles. The SMILES string of the molecule is CC(C)C[C@H]1NC(=O)[C@H]2CCCN2C(=O)[C@@H](Cc2c[nH]c3ccccc23)NC(=O)CN(C(=O)c2csc(-c3cccs3)n2)C[C@H]2OCC[C@H](NC1=O)[C@@H]2O. The van der Waals surface area contributed by atoms with Gasteiger partial charge in [-0.3, -0.25) is 24.0 Å². The predicted molar refractivity (Wildman–Crippen MR) is 204 cm³/mol. The molecular weight excluding hydrogens is 731 g/mol. The standard InChI is InChI=1S/C38H45N7O7S2/c1-21(2)15-26-34(48)41-25-11-13-52-30(33(25)47)18-44(37(50)28-20-54-36(43-28)31-10-6-14-53-31)19-32(46)40-27(16-22-17-39-24-8-4-3-7-23(22)24)38(51)45-12-5-9-29(45)35(49)42-26/h3-4,6-8,10,14,17,20-21,25-27,29-30,33,39,47H,5,9,11-13,15-16,18-19H2,1-2H3,(H,40,46)(H,41,48)(H,42,49)/t25-,26+,27+,29+,30+,33-/m0/s1. The normalized spacial score (nSPS) is 26.0. The molecule has 6 heterocycles. The Balaban J connectivity index is 1.24. The van der Waals surface area contributed by atoms with Crippen LogP contribution in [0, 0.1) is 5.92 Å². The third-order valence-corrected chi connectivity index (χ3v) is 12.2. The number of thiophene rings is 1. The Morgan fingerprint density at radius 3 is 2.65 bits per heavy atom. The monoisotopic (exact) mass is 775 g/mol. The van der Waals surface area contributed by atoms with Crippen LogP contribution in [-0.2, 0) is 30.3 Å². The molecular formula is C38H45N7O7S2. The van der Waals surface area contributed by atoms with Gasteiger partial charge < -0.3 is 40.6 Å². The molecule has 3 aliphatic rings. The average Bonchev–Trinajstić information content (AvgIpc) is 3.99. The summed E-state index contributed by atoms with van der Waals surface area (Å²) in [6.45, 7) is 3.72. The summed E-state index contributed by atoms with van der Waals surface area (Å²) in [5.41, 5.74) is 1.80. The van der Waals surface area contributed by atoms with E-state index in [0.29, 0.717) is 37.2 Å². The second-order valence-electron chi connectivity index (χ2n) is 14.6. The first-order valence-corrected chi connectivity index (χ1v) is 20.2. The third-order valence-electron chi connectivity index (χ3n) is 10.3. The number of aromatic amines is 1. The Hall–Kier alpha value is -4.64. The molecule has 0 aliphatic carbocycles. The van der Waals surface area contributed by atoms with Gasteiger partial charge in [0.05, 0.1) is 17.5 Å². The highest BCUT2D eigenvalue weighted by Crippen LogP contribution is 2.29. The number of fused-ring (bicyclic) bond motifs is 4. The van der Waals surface area contributed by atoms with Gasteiger partial charge in [0.25, 0.3) is 5.91 Å². The number of amides is 5. The first-order valence-electron chi connectivity index (χ1n) is 18.4. The van der Waals surface area contributed by atoms with Crippen LogP contribution in [0.3, 0.4) is 0 Å². The number of carbonyl (C=O) groups is 5. The number of para-hydroxylation sites is 1. The second-order valence-corrected chi connectivity index (χ2v) is 16.4. The quantitative estimate of drug-likeness (QED) is 0.198. The van der Waals surface area contributed by atoms with Crippen LogP contribution in [-0.4, -0.2) is 117 Å². The van der Waals surface area contributed by atoms with Gasteiger partial charge in [0.2, 0.25) is 23.6 Å². The summed E-state index contributed by atoms with van der Waals surface area (Å²) in [5, 5.41) is 25.4. The highest BCUT2D eigenvalue weighted by Gasteiger charge is 2.42. The van der Waals surface area contributed by atoms with Crippen LogP contribution in [0.2, 0.25) is 0 Å². The summed E-state index contributed by atoms with van der Waals surface area (Å²) in [7, 11) is 0. The van der Waals surface area contributed by atoms with Crippen LogP contribution in [0.15, 0.2) is 53.4 Å². The summed E-state index contributed by atoms with van der Waals surface area (Å²) < 4.78 is 5.97. The number of benzene rings is 1. The lowest BCUT2D eigenvalue weighted by atomic mass is 9.97. The smallest absolute Gasteiger partial charge is 0.273 e. The molecule has 0 radical (unpaired) electrons. The van der Waals surface area contributed by atoms with E-state index in [9.17, 15) is 29.1 Å². The van der Waals surface area contributed by atoms with Crippen LogP contribution in [0.4, 0.5) is 0 Å². The molecule has 3 saturated heterocycles. The molecule has 0 unspecified atom stereocenters. The summed E-state index contributed by atoms with van der Waals surface area (Å²) >= 11 is 2.80. The third kappa shape index (κ3) is 8.21. The summed E-state index contributed by atoms with van der Waals surface area (Å²) in [4.78, 5) is 81.9. The molecule has 286 valence electrons. The van der Waals surface area contributed by atoms with Crippen molar-refractivity contribution in [3.05, 3.63) is 64.6 Å². The van der Waals surface area contributed by atoms with E-state index < -0.39 is 72.5 Å². The van der Waals surface area contributed by atoms with Crippen molar-refractivity contribution in [2.45, 2.75) is 82.3 Å². The van der Waals surface area contributed by atoms with Crippen LogP contribution in [0.25, 0.3) is 20.8 Å². The topological polar surface area (TPSA) is 186 Å². The number of aliphatic hydroxyl groups is 1. The van der Waals surface area contributed by atoms with Crippen molar-refractivity contribution in [2.75, 3.05) is 26.2 Å². The van der Waals surface area contributed by atoms with Gasteiger partial charge in [-0.2, -0.15) is 0 Å². The molecule has 14 nitrogen and oxygen atoms in total. The minimum Gasteiger partial charge on any atom is -0.388 e. The zero-order valence-corrected chi connectivity index (χ0v) is 31.8. The average molecular weight is 776 g/mol. The molecule has 16 heteroatoms. The molecule has 2 bridgehead atoms. The van der Waals surface area contributed by atoms with E-state index >= 15 is 0 Å². The van der Waals surface area contributed by atoms with Crippen molar-refractivity contribution in [1.82, 2.24) is 35.7 Å². The van der Waals surface area contributed by atoms with Crippen molar-refractivity contribution in [2.24, 2.45) is 5.92 Å². The molecule has 0 spiro atoms. The molecule has 5 amide bonds. The summed E-state index contributed by atoms with van der Waals surface area (Å²) in [6.07, 6.45) is 1.33. The number of nitrogens with zero attached hydrogens (tertiary/aromatic N) is 3. The number of rotatable bonds is 6. The van der Waals surface area contributed by atoms with Gasteiger partial charge in [0.1, 0.15) is 47.6 Å². The first kappa shape index (κ1) is 37.7. The van der Waals surface area contributed by atoms with Crippen LogP contribution < -0.4 is 16.0 Å². The number of thiazole rings is 1. The largest absolute Gasteiger partial charge is 0.388 e. The Morgan fingerprint density at radius 1 is 1.02 bits per heavy atom. The lowest BCUT2D eigenvalue weighted by Gasteiger charge is -2.38. The van der Waals surface area contributed by atoms with Crippen molar-refractivity contribution >= 4 is 63.1 Å². The lowest BCUT2D eigenvalue weighted by molar-refractivity contribution is -0.142. The fourth-order valence-electron chi connectivity index (χ4n) is 7.57. The summed E-state index contributed by atoms with van der Waals surface area (Å²) in [5.74, 6) is -2.44. The van der Waals surface area contributed by atoms with E-state index in [0.717, 1.165) is 21.3 Å². The van der Waals surface area contributed by atoms with Gasteiger partial charge in [-0.05, 0) is 54.7 Å². The van der Waals surface area contributed by atoms with E-state index in [2.05, 4.69) is 25.9 Å². The van der Waals surface area contributed by atoms with Gasteiger partial charge in [0.15, 0.2) is 0 Å². The van der Waals surface area contributed by atoms with E-state index in [1.54, 1.807) is 11.6 Å². The Morgan fingerprint density at radius 2 is 1.85 bits per heavy atom. The summed E-state index contributed by atoms with van der Waals surface area (Å²) in [6, 6.07) is 7.86. The van der Waals surface area contributed by atoms with Crippen LogP contribution in [0.1, 0.15) is 55.6 Å². The van der Waals surface area contributed by atoms with Gasteiger partial charge in [-0.25, -0.2) is 4.98 Å². The number of H-pyrrole nitrogens is 1. The molecule has 4 aromatic rings. The van der Waals surface area contributed by atoms with Gasteiger partial charge in [-0.1, -0.05) is 38.1 Å². The van der Waals surface area contributed by atoms with Crippen molar-refractivity contribution in [3.8, 4) is 9.88 Å². The maximum Gasteiger partial charge on any atom is 0.273 e. The van der Waals surface area contributed by atoms with E-state index in [4.69, 9.17) is 4.74 Å². The highest BCUT2D eigenvalue weighted by atomic mass is 32.1. The molecule has 7 rings (SSSR count). The fourth-order valence-corrected chi connectivity index (χ4v) is 9.18. The molecule has 54 heavy (non-hydrogen) atoms. The van der Waals surface area contributed by atoms with Crippen LogP contribution in [0.5, 0.6) is 0 Å². The van der Waals surface area contributed by atoms with Crippen molar-refractivity contribution in [3.63, 3.8) is 0 Å². The first-order chi connectivity index (χ1) is 26.0. The highest BCUT2D eigenvalue weighted by molar-refractivity contribution is 7.20. The minimum absolute atomic E-state index is 0.0465. The van der Waals surface area contributed by atoms with Gasteiger partial charge in [0, 0.05) is 42.1 Å². The molecule has 3 fully saturated rings. The van der Waals surface area contributed by atoms with E-state index in [1.165, 1.54) is 32.5 Å². The number of hydrogen-bond donors (Lipinski definition) is 5. The zero-order valence-electron chi connectivity index (χ0n) is 30.2. The maximum absolute atomic E-state index is 14.5. The Bertz CT molecular complexity index is 2000. The molecule has 0 saturated carbocycles. The molecule has 5 N–H and O–H groups in total. The van der Waals surface area contributed by atoms with E-state index in [1.807, 2.05) is 55.6 Å². The Kier molecular flexibility index (Phi) is 11.4. The molecule has 3 aliphatic heterocycles. The number of ether oxygens (including phenoxy) is 1. The molecule has 3 aromatic heterocycles. The van der Waals surface area contributed by atoms with Crippen LogP contribution >= 0.6 is 22.7 Å². The van der Waals surface area contributed by atoms with Gasteiger partial charge >= 0.3 is 0 Å². The number of carbonyl (C=O) groups excluding carboxylic acids is 5.